The number of nitrogens with zero attached hydrogens (tertiary/aromatic N) is 3. The molecule has 0 amide bonds. The van der Waals surface area contributed by atoms with E-state index in [1.54, 1.807) is 0 Å². The van der Waals surface area contributed by atoms with E-state index in [-0.39, 0.29) is 12.1 Å². The Morgan fingerprint density at radius 1 is 1.20 bits per heavy atom. The van der Waals surface area contributed by atoms with Crippen LogP contribution in [0.3, 0.4) is 0 Å². The number of alkyl halides is 5. The van der Waals surface area contributed by atoms with Crippen molar-refractivity contribution in [3.63, 3.8) is 0 Å². The minimum absolute atomic E-state index is 0.0329. The lowest BCUT2D eigenvalue weighted by molar-refractivity contribution is -0.292. The van der Waals surface area contributed by atoms with Gasteiger partial charge in [-0.3, -0.25) is 0 Å². The maximum Gasteiger partial charge on any atom is 0.459 e. The van der Waals surface area contributed by atoms with Crippen molar-refractivity contribution in [2.45, 2.75) is 25.4 Å². The van der Waals surface area contributed by atoms with Crippen molar-refractivity contribution in [2.24, 2.45) is 7.05 Å². The highest BCUT2D eigenvalue weighted by molar-refractivity contribution is 5.18. The van der Waals surface area contributed by atoms with Gasteiger partial charge in [-0.25, -0.2) is 4.68 Å². The van der Waals surface area contributed by atoms with Crippen LogP contribution in [0.15, 0.2) is 0 Å². The quantitative estimate of drug-likeness (QED) is 0.726. The zero-order valence-corrected chi connectivity index (χ0v) is 7.94. The van der Waals surface area contributed by atoms with Gasteiger partial charge in [0.25, 0.3) is 0 Å². The third-order valence-electron chi connectivity index (χ3n) is 1.88. The summed E-state index contributed by atoms with van der Waals surface area (Å²) in [7, 11) is 1.00. The summed E-state index contributed by atoms with van der Waals surface area (Å²) in [6.07, 6.45) is -5.67. The van der Waals surface area contributed by atoms with E-state index >= 15 is 0 Å². The third kappa shape index (κ3) is 1.80. The summed E-state index contributed by atoms with van der Waals surface area (Å²) in [6, 6.07) is 0. The lowest BCUT2D eigenvalue weighted by atomic mass is 10.1. The molecule has 0 aromatic carbocycles. The van der Waals surface area contributed by atoms with Crippen molar-refractivity contribution in [2.75, 3.05) is 0 Å². The zero-order valence-electron chi connectivity index (χ0n) is 7.94. The highest BCUT2D eigenvalue weighted by Crippen LogP contribution is 2.44. The summed E-state index contributed by atoms with van der Waals surface area (Å²) in [5.41, 5.74) is -1.54. The molecule has 8 heteroatoms. The molecule has 0 aliphatic carbocycles. The van der Waals surface area contributed by atoms with Crippen LogP contribution >= 0.6 is 0 Å². The van der Waals surface area contributed by atoms with Crippen molar-refractivity contribution in [1.82, 2.24) is 15.0 Å². The number of hydrogen-bond acceptors (Lipinski definition) is 2. The fourth-order valence-electron chi connectivity index (χ4n) is 1.16. The van der Waals surface area contributed by atoms with Crippen LogP contribution in [-0.2, 0) is 19.4 Å². The highest BCUT2D eigenvalue weighted by atomic mass is 19.4. The van der Waals surface area contributed by atoms with Crippen LogP contribution in [0.1, 0.15) is 18.3 Å². The summed E-state index contributed by atoms with van der Waals surface area (Å²) in [6.45, 7) is 1.43. The van der Waals surface area contributed by atoms with Gasteiger partial charge in [-0.05, 0) is 6.42 Å². The second-order valence-corrected chi connectivity index (χ2v) is 2.93. The van der Waals surface area contributed by atoms with Crippen molar-refractivity contribution < 1.29 is 22.0 Å². The smallest absolute Gasteiger partial charge is 0.246 e. The lowest BCUT2D eigenvalue weighted by Gasteiger charge is -2.19. The molecule has 0 atom stereocenters. The molecular formula is C7H8F5N3. The van der Waals surface area contributed by atoms with Gasteiger partial charge in [0.2, 0.25) is 0 Å². The van der Waals surface area contributed by atoms with Gasteiger partial charge in [0, 0.05) is 7.05 Å². The fraction of sp³-hybridized carbons (Fsp3) is 0.714. The van der Waals surface area contributed by atoms with Crippen molar-refractivity contribution in [3.05, 3.63) is 11.4 Å². The molecule has 0 radical (unpaired) electrons. The van der Waals surface area contributed by atoms with E-state index in [2.05, 4.69) is 10.3 Å². The van der Waals surface area contributed by atoms with Crippen molar-refractivity contribution >= 4 is 0 Å². The number of aryl methyl sites for hydroxylation is 2. The first-order valence-corrected chi connectivity index (χ1v) is 4.05. The lowest BCUT2D eigenvalue weighted by Crippen LogP contribution is -2.36. The van der Waals surface area contributed by atoms with Gasteiger partial charge in [-0.15, -0.1) is 5.10 Å². The molecule has 1 aromatic rings. The van der Waals surface area contributed by atoms with Gasteiger partial charge in [-0.2, -0.15) is 22.0 Å². The van der Waals surface area contributed by atoms with E-state index in [4.69, 9.17) is 0 Å². The van der Waals surface area contributed by atoms with Gasteiger partial charge in [-0.1, -0.05) is 12.1 Å². The Bertz CT molecular complexity index is 354. The molecule has 0 spiro atoms. The van der Waals surface area contributed by atoms with Crippen LogP contribution in [0.4, 0.5) is 22.0 Å². The molecule has 1 heterocycles. The number of hydrogen-bond donors (Lipinski definition) is 0. The molecule has 0 saturated carbocycles. The van der Waals surface area contributed by atoms with Gasteiger partial charge < -0.3 is 0 Å². The first kappa shape index (κ1) is 11.9. The van der Waals surface area contributed by atoms with Gasteiger partial charge in [0.1, 0.15) is 5.69 Å². The third-order valence-corrected chi connectivity index (χ3v) is 1.88. The second-order valence-electron chi connectivity index (χ2n) is 2.93. The second kappa shape index (κ2) is 3.42. The van der Waals surface area contributed by atoms with E-state index in [1.165, 1.54) is 6.92 Å². The molecule has 86 valence electrons. The minimum atomic E-state index is -5.63. The van der Waals surface area contributed by atoms with E-state index in [1.807, 2.05) is 0 Å². The Morgan fingerprint density at radius 2 is 1.73 bits per heavy atom. The van der Waals surface area contributed by atoms with Crippen LogP contribution in [-0.4, -0.2) is 21.2 Å². The van der Waals surface area contributed by atoms with Crippen LogP contribution in [0, 0.1) is 0 Å². The molecular weight excluding hydrogens is 221 g/mol. The van der Waals surface area contributed by atoms with Gasteiger partial charge in [0.05, 0.1) is 5.69 Å². The predicted octanol–water partition coefficient (Wildman–Crippen LogP) is 2.03. The van der Waals surface area contributed by atoms with Crippen LogP contribution in [0.25, 0.3) is 0 Å². The molecule has 0 saturated heterocycles. The first-order chi connectivity index (χ1) is 6.71. The topological polar surface area (TPSA) is 30.7 Å². The monoisotopic (exact) mass is 229 g/mol. The number of aromatic nitrogens is 3. The molecule has 0 N–H and O–H groups in total. The molecule has 0 aliphatic rings. The maximum absolute atomic E-state index is 13.0. The van der Waals surface area contributed by atoms with Gasteiger partial charge >= 0.3 is 12.1 Å². The normalized spacial score (nSPS) is 13.3. The van der Waals surface area contributed by atoms with Crippen LogP contribution < -0.4 is 0 Å². The summed E-state index contributed by atoms with van der Waals surface area (Å²) in [5, 5.41) is 6.40. The largest absolute Gasteiger partial charge is 0.459 e. The summed E-state index contributed by atoms with van der Waals surface area (Å²) in [4.78, 5) is 0. The molecule has 0 aliphatic heterocycles. The van der Waals surface area contributed by atoms with E-state index < -0.39 is 17.8 Å². The summed E-state index contributed by atoms with van der Waals surface area (Å²) < 4.78 is 62.6. The van der Waals surface area contributed by atoms with Crippen LogP contribution in [0.5, 0.6) is 0 Å². The Kier molecular flexibility index (Phi) is 2.71. The van der Waals surface area contributed by atoms with Crippen molar-refractivity contribution in [3.8, 4) is 0 Å². The van der Waals surface area contributed by atoms with E-state index in [0.29, 0.717) is 4.68 Å². The average molecular weight is 229 g/mol. The number of rotatable bonds is 2. The Labute approximate surface area is 81.9 Å². The molecule has 3 nitrogen and oxygen atoms in total. The number of halogens is 5. The minimum Gasteiger partial charge on any atom is -0.246 e. The maximum atomic E-state index is 13.0. The summed E-state index contributed by atoms with van der Waals surface area (Å²) in [5.74, 6) is -4.92. The Balaban J connectivity index is 3.31. The van der Waals surface area contributed by atoms with Crippen LogP contribution in [0.2, 0.25) is 0 Å². The first-order valence-electron chi connectivity index (χ1n) is 4.05. The van der Waals surface area contributed by atoms with E-state index in [0.717, 1.165) is 7.05 Å². The molecule has 0 unspecified atom stereocenters. The van der Waals surface area contributed by atoms with E-state index in [9.17, 15) is 22.0 Å². The molecule has 0 bridgehead atoms. The standard InChI is InChI=1S/C7H8F5N3/c1-3-4-5(15(2)14-13-4)6(8,9)7(10,11)12/h3H2,1-2H3. The average Bonchev–Trinajstić information content (AvgIpc) is 2.44. The molecule has 15 heavy (non-hydrogen) atoms. The zero-order chi connectivity index (χ0) is 11.9. The molecule has 1 aromatic heterocycles. The highest BCUT2D eigenvalue weighted by Gasteiger charge is 2.61. The fourth-order valence-corrected chi connectivity index (χ4v) is 1.16. The Morgan fingerprint density at radius 3 is 2.13 bits per heavy atom. The molecule has 0 fully saturated rings. The van der Waals surface area contributed by atoms with Gasteiger partial charge in [0.15, 0.2) is 0 Å². The SMILES string of the molecule is CCc1nnn(C)c1C(F)(F)C(F)(F)F. The summed E-state index contributed by atoms with van der Waals surface area (Å²) >= 11 is 0. The van der Waals surface area contributed by atoms with Crippen molar-refractivity contribution in [1.29, 1.82) is 0 Å². The molecule has 1 rings (SSSR count). The predicted molar refractivity (Wildman–Crippen MR) is 40.3 cm³/mol. The Hall–Kier alpha value is -1.21.